The van der Waals surface area contributed by atoms with Gasteiger partial charge in [0.25, 0.3) is 0 Å². The fraction of sp³-hybridized carbons (Fsp3) is 0.100. The summed E-state index contributed by atoms with van der Waals surface area (Å²) in [5.41, 5.74) is 2.22. The number of carboxylic acid groups (broad SMARTS) is 2. The molecule has 0 spiro atoms. The van der Waals surface area contributed by atoms with Crippen molar-refractivity contribution in [3.05, 3.63) is 71.2 Å². The third kappa shape index (κ3) is 3.06. The molecule has 4 rings (SSSR count). The second kappa shape index (κ2) is 6.85. The van der Waals surface area contributed by atoms with E-state index in [9.17, 15) is 19.8 Å². The molecule has 27 heavy (non-hydrogen) atoms. The predicted octanol–water partition coefficient (Wildman–Crippen LogP) is 5.01. The number of carbonyl (C=O) groups is 2. The molecule has 0 bridgehead atoms. The van der Waals surface area contributed by atoms with E-state index in [0.29, 0.717) is 33.8 Å². The molecule has 0 aliphatic carbocycles. The molecule has 0 saturated carbocycles. The quantitative estimate of drug-likeness (QED) is 0.483. The summed E-state index contributed by atoms with van der Waals surface area (Å²) in [4.78, 5) is 23.0. The van der Waals surface area contributed by atoms with Gasteiger partial charge in [0, 0.05) is 33.4 Å². The van der Waals surface area contributed by atoms with Gasteiger partial charge in [0.05, 0.1) is 0 Å². The average molecular weight is 382 g/mol. The predicted molar refractivity (Wildman–Crippen MR) is 101 cm³/mol. The van der Waals surface area contributed by atoms with Crippen LogP contribution < -0.4 is 0 Å². The molecule has 2 aromatic heterocycles. The van der Waals surface area contributed by atoms with Crippen molar-refractivity contribution in [1.82, 2.24) is 0 Å². The molecule has 2 heterocycles. The van der Waals surface area contributed by atoms with E-state index in [1.807, 2.05) is 24.3 Å². The molecule has 0 amide bonds. The molecule has 7 heteroatoms. The van der Waals surface area contributed by atoms with Crippen LogP contribution in [0.3, 0.4) is 0 Å². The van der Waals surface area contributed by atoms with Gasteiger partial charge in [-0.15, -0.1) is 0 Å². The van der Waals surface area contributed by atoms with Gasteiger partial charge in [0.15, 0.2) is 0 Å². The Morgan fingerprint density at radius 2 is 1.15 bits per heavy atom. The SMILES string of the molecule is O=C(O)c1oc2ccccc2c1CSCc1c(C(=O)O)oc2ccccc12. The van der Waals surface area contributed by atoms with Crippen LogP contribution in [0.1, 0.15) is 32.2 Å². The summed E-state index contributed by atoms with van der Waals surface area (Å²) < 4.78 is 10.9. The van der Waals surface area contributed by atoms with Gasteiger partial charge >= 0.3 is 11.9 Å². The zero-order chi connectivity index (χ0) is 19.0. The Morgan fingerprint density at radius 3 is 1.56 bits per heavy atom. The Hall–Kier alpha value is -3.19. The molecule has 0 fully saturated rings. The van der Waals surface area contributed by atoms with Gasteiger partial charge in [-0.1, -0.05) is 36.4 Å². The van der Waals surface area contributed by atoms with Crippen molar-refractivity contribution >= 4 is 45.6 Å². The van der Waals surface area contributed by atoms with Crippen LogP contribution in [0.15, 0.2) is 57.4 Å². The number of carboxylic acids is 2. The summed E-state index contributed by atoms with van der Waals surface area (Å²) in [5.74, 6) is -1.67. The highest BCUT2D eigenvalue weighted by molar-refractivity contribution is 7.97. The number of fused-ring (bicyclic) bond motifs is 2. The monoisotopic (exact) mass is 382 g/mol. The van der Waals surface area contributed by atoms with Gasteiger partial charge in [-0.25, -0.2) is 9.59 Å². The maximum atomic E-state index is 11.5. The normalized spacial score (nSPS) is 11.3. The number of aromatic carboxylic acids is 2. The van der Waals surface area contributed by atoms with Gasteiger partial charge in [0.2, 0.25) is 11.5 Å². The highest BCUT2D eigenvalue weighted by Gasteiger charge is 2.22. The van der Waals surface area contributed by atoms with E-state index in [1.165, 1.54) is 11.8 Å². The Kier molecular flexibility index (Phi) is 4.37. The van der Waals surface area contributed by atoms with Crippen molar-refractivity contribution in [2.45, 2.75) is 11.5 Å². The lowest BCUT2D eigenvalue weighted by molar-refractivity contribution is 0.0654. The minimum Gasteiger partial charge on any atom is -0.475 e. The molecule has 136 valence electrons. The van der Waals surface area contributed by atoms with E-state index in [0.717, 1.165) is 10.8 Å². The lowest BCUT2D eigenvalue weighted by Gasteiger charge is -2.02. The van der Waals surface area contributed by atoms with E-state index in [2.05, 4.69) is 0 Å². The van der Waals surface area contributed by atoms with Gasteiger partial charge in [-0.2, -0.15) is 11.8 Å². The number of benzene rings is 2. The molecule has 4 aromatic rings. The van der Waals surface area contributed by atoms with E-state index < -0.39 is 11.9 Å². The number of hydrogen-bond acceptors (Lipinski definition) is 5. The van der Waals surface area contributed by atoms with Crippen molar-refractivity contribution in [2.24, 2.45) is 0 Å². The number of para-hydroxylation sites is 2. The van der Waals surface area contributed by atoms with Crippen LogP contribution in [0.25, 0.3) is 21.9 Å². The Morgan fingerprint density at radius 1 is 0.741 bits per heavy atom. The Labute approximate surface area is 157 Å². The van der Waals surface area contributed by atoms with Crippen LogP contribution in [0.4, 0.5) is 0 Å². The van der Waals surface area contributed by atoms with Crippen LogP contribution in [-0.4, -0.2) is 22.2 Å². The van der Waals surface area contributed by atoms with E-state index in [-0.39, 0.29) is 11.5 Å². The minimum absolute atomic E-state index is 0.0841. The minimum atomic E-state index is -1.12. The first-order valence-electron chi connectivity index (χ1n) is 8.11. The second-order valence-corrected chi connectivity index (χ2v) is 6.90. The van der Waals surface area contributed by atoms with E-state index >= 15 is 0 Å². The summed E-state index contributed by atoms with van der Waals surface area (Å²) >= 11 is 1.41. The third-order valence-corrected chi connectivity index (χ3v) is 5.26. The molecule has 0 radical (unpaired) electrons. The lowest BCUT2D eigenvalue weighted by atomic mass is 10.1. The zero-order valence-corrected chi connectivity index (χ0v) is 14.8. The number of furan rings is 2. The zero-order valence-electron chi connectivity index (χ0n) is 14.0. The van der Waals surface area contributed by atoms with Crippen LogP contribution >= 0.6 is 11.8 Å². The number of thioether (sulfide) groups is 1. The molecule has 2 aromatic carbocycles. The summed E-state index contributed by atoms with van der Waals surface area (Å²) in [6.07, 6.45) is 0. The van der Waals surface area contributed by atoms with Crippen molar-refractivity contribution in [3.8, 4) is 0 Å². The summed E-state index contributed by atoms with van der Waals surface area (Å²) in [6, 6.07) is 14.3. The van der Waals surface area contributed by atoms with Crippen molar-refractivity contribution in [2.75, 3.05) is 0 Å². The van der Waals surface area contributed by atoms with E-state index in [1.54, 1.807) is 24.3 Å². The van der Waals surface area contributed by atoms with E-state index in [4.69, 9.17) is 8.83 Å². The summed E-state index contributed by atoms with van der Waals surface area (Å²) in [5, 5.41) is 20.3. The van der Waals surface area contributed by atoms with Gasteiger partial charge in [0.1, 0.15) is 11.2 Å². The maximum absolute atomic E-state index is 11.5. The van der Waals surface area contributed by atoms with Gasteiger partial charge in [-0.05, 0) is 12.1 Å². The van der Waals surface area contributed by atoms with Crippen molar-refractivity contribution in [1.29, 1.82) is 0 Å². The molecule has 0 aliphatic heterocycles. The van der Waals surface area contributed by atoms with Crippen molar-refractivity contribution < 1.29 is 28.6 Å². The number of rotatable bonds is 6. The molecule has 0 atom stereocenters. The Bertz CT molecular complexity index is 1080. The van der Waals surface area contributed by atoms with Crippen molar-refractivity contribution in [3.63, 3.8) is 0 Å². The molecule has 0 unspecified atom stereocenters. The first-order chi connectivity index (χ1) is 13.1. The molecular formula is C20H14O6S. The Balaban J connectivity index is 1.65. The summed E-state index contributed by atoms with van der Waals surface area (Å²) in [6.45, 7) is 0. The molecular weight excluding hydrogens is 368 g/mol. The van der Waals surface area contributed by atoms with Crippen LogP contribution in [0.5, 0.6) is 0 Å². The molecule has 0 aliphatic rings. The second-order valence-electron chi connectivity index (χ2n) is 5.91. The fourth-order valence-corrected chi connectivity index (χ4v) is 4.17. The average Bonchev–Trinajstić information content (AvgIpc) is 3.21. The smallest absolute Gasteiger partial charge is 0.372 e. The highest BCUT2D eigenvalue weighted by atomic mass is 32.2. The largest absolute Gasteiger partial charge is 0.475 e. The maximum Gasteiger partial charge on any atom is 0.372 e. The first-order valence-corrected chi connectivity index (χ1v) is 9.27. The molecule has 2 N–H and O–H groups in total. The topological polar surface area (TPSA) is 101 Å². The van der Waals surface area contributed by atoms with Crippen LogP contribution in [0.2, 0.25) is 0 Å². The van der Waals surface area contributed by atoms with Gasteiger partial charge in [-0.3, -0.25) is 0 Å². The standard InChI is InChI=1S/C20H14O6S/c21-19(22)17-13(11-5-1-3-7-15(11)25-17)9-27-10-14-12-6-2-4-8-16(12)26-18(14)20(23)24/h1-8H,9-10H2,(H,21,22)(H,23,24). The summed E-state index contributed by atoms with van der Waals surface area (Å²) in [7, 11) is 0. The third-order valence-electron chi connectivity index (χ3n) is 4.28. The highest BCUT2D eigenvalue weighted by Crippen LogP contribution is 2.33. The fourth-order valence-electron chi connectivity index (χ4n) is 3.08. The van der Waals surface area contributed by atoms with Gasteiger partial charge < -0.3 is 19.0 Å². The first kappa shape index (κ1) is 17.2. The molecule has 0 saturated heterocycles. The van der Waals surface area contributed by atoms with Crippen LogP contribution in [-0.2, 0) is 11.5 Å². The number of hydrogen-bond donors (Lipinski definition) is 2. The lowest BCUT2D eigenvalue weighted by Crippen LogP contribution is -2.00. The molecule has 6 nitrogen and oxygen atoms in total. The van der Waals surface area contributed by atoms with Crippen LogP contribution in [0, 0.1) is 0 Å².